The third kappa shape index (κ3) is 3.92. The molecule has 1 aliphatic rings. The number of nitrogens with zero attached hydrogens (tertiary/aromatic N) is 2. The fraction of sp³-hybridized carbons (Fsp3) is 0.138. The van der Waals surface area contributed by atoms with Gasteiger partial charge in [-0.15, -0.1) is 0 Å². The number of hydrazine groups is 1. The van der Waals surface area contributed by atoms with Gasteiger partial charge in [-0.2, -0.15) is 0 Å². The van der Waals surface area contributed by atoms with Crippen molar-refractivity contribution < 1.29 is 14.4 Å². The lowest BCUT2D eigenvalue weighted by atomic mass is 9.95. The predicted octanol–water partition coefficient (Wildman–Crippen LogP) is 3.82. The van der Waals surface area contributed by atoms with Gasteiger partial charge in [0.05, 0.1) is 6.04 Å². The molecule has 0 bridgehead atoms. The van der Waals surface area contributed by atoms with E-state index in [1.165, 1.54) is 0 Å². The second-order valence-corrected chi connectivity index (χ2v) is 9.23. The van der Waals surface area contributed by atoms with Crippen molar-refractivity contribution in [2.24, 2.45) is 0 Å². The molecule has 8 nitrogen and oxygen atoms in total. The number of fused-ring (bicyclic) bond motifs is 3. The van der Waals surface area contributed by atoms with E-state index in [9.17, 15) is 14.4 Å². The van der Waals surface area contributed by atoms with Gasteiger partial charge in [0.1, 0.15) is 13.1 Å². The molecule has 3 amide bonds. The van der Waals surface area contributed by atoms with Crippen LogP contribution in [0.3, 0.4) is 0 Å². The summed E-state index contributed by atoms with van der Waals surface area (Å²) in [6.07, 6.45) is 1.83. The molecule has 0 saturated heterocycles. The Morgan fingerprint density at radius 3 is 2.43 bits per heavy atom. The number of benzene rings is 3. The molecule has 0 saturated carbocycles. The van der Waals surface area contributed by atoms with Crippen molar-refractivity contribution >= 4 is 39.5 Å². The topological polar surface area (TPSA) is 99.2 Å². The number of nitrogens with one attached hydrogen (secondary N) is 3. The van der Waals surface area contributed by atoms with E-state index >= 15 is 0 Å². The van der Waals surface area contributed by atoms with E-state index < -0.39 is 11.9 Å². The zero-order valence-corrected chi connectivity index (χ0v) is 20.2. The molecule has 6 rings (SSSR count). The first-order valence-corrected chi connectivity index (χ1v) is 12.1. The van der Waals surface area contributed by atoms with Gasteiger partial charge in [0.15, 0.2) is 0 Å². The highest BCUT2D eigenvalue weighted by Gasteiger charge is 2.40. The Morgan fingerprint density at radius 1 is 0.865 bits per heavy atom. The molecule has 3 heterocycles. The molecule has 37 heavy (non-hydrogen) atoms. The summed E-state index contributed by atoms with van der Waals surface area (Å²) >= 11 is 0. The van der Waals surface area contributed by atoms with Crippen LogP contribution in [-0.4, -0.2) is 38.7 Å². The fourth-order valence-electron chi connectivity index (χ4n) is 5.30. The number of H-pyrrole nitrogens is 1. The van der Waals surface area contributed by atoms with Crippen LogP contribution in [0.4, 0.5) is 0 Å². The number of hydrogen-bond acceptors (Lipinski definition) is 3. The summed E-state index contributed by atoms with van der Waals surface area (Å²) < 4.78 is 1.81. The Kier molecular flexibility index (Phi) is 5.49. The van der Waals surface area contributed by atoms with Crippen LogP contribution in [0.2, 0.25) is 0 Å². The van der Waals surface area contributed by atoms with Crippen molar-refractivity contribution in [3.05, 3.63) is 107 Å². The molecule has 0 fully saturated rings. The Labute approximate surface area is 212 Å². The van der Waals surface area contributed by atoms with E-state index in [2.05, 4.69) is 15.8 Å². The molecule has 1 unspecified atom stereocenters. The van der Waals surface area contributed by atoms with Gasteiger partial charge in [-0.05, 0) is 42.1 Å². The number of para-hydroxylation sites is 2. The molecular formula is C29H25N5O3. The van der Waals surface area contributed by atoms with Crippen LogP contribution in [0.1, 0.15) is 33.2 Å². The minimum Gasteiger partial charge on any atom is -0.358 e. The van der Waals surface area contributed by atoms with Gasteiger partial charge in [-0.1, -0.05) is 54.6 Å². The number of carbonyl (C=O) groups excluding carboxylic acids is 3. The summed E-state index contributed by atoms with van der Waals surface area (Å²) in [6.45, 7) is 1.83. The number of amides is 3. The molecule has 1 aliphatic heterocycles. The Balaban J connectivity index is 1.21. The van der Waals surface area contributed by atoms with E-state index in [0.29, 0.717) is 5.56 Å². The standard InChI is InChI=1S/C29H25N5O3/c1-18-27(22-11-5-6-12-23(22)30-18)28-20-9-3-4-10-21(20)29(37)34(28)17-26(36)32-31-25(35)16-33-15-14-19-8-2-7-13-24(19)33/h2-15,28,30H,16-17H2,1H3,(H,31,35)(H,32,36). The SMILES string of the molecule is Cc1[nH]c2ccccc2c1C1c2ccccc2C(=O)N1CC(=O)NNC(=O)Cn1ccc2ccccc21. The third-order valence-electron chi connectivity index (χ3n) is 6.92. The lowest BCUT2D eigenvalue weighted by Crippen LogP contribution is -2.48. The van der Waals surface area contributed by atoms with Crippen LogP contribution in [0.5, 0.6) is 0 Å². The molecule has 0 spiro atoms. The van der Waals surface area contributed by atoms with Crippen LogP contribution < -0.4 is 10.9 Å². The Hall–Kier alpha value is -4.85. The van der Waals surface area contributed by atoms with Crippen molar-refractivity contribution in [2.45, 2.75) is 19.5 Å². The molecule has 3 N–H and O–H groups in total. The van der Waals surface area contributed by atoms with Gasteiger partial charge in [-0.25, -0.2) is 0 Å². The van der Waals surface area contributed by atoms with Gasteiger partial charge in [0.25, 0.3) is 17.7 Å². The van der Waals surface area contributed by atoms with Crippen LogP contribution >= 0.6 is 0 Å². The normalized spacial score (nSPS) is 14.8. The molecular weight excluding hydrogens is 466 g/mol. The van der Waals surface area contributed by atoms with E-state index in [4.69, 9.17) is 0 Å². The number of aryl methyl sites for hydroxylation is 1. The molecule has 0 radical (unpaired) electrons. The van der Waals surface area contributed by atoms with E-state index in [-0.39, 0.29) is 24.9 Å². The molecule has 0 aliphatic carbocycles. The van der Waals surface area contributed by atoms with Crippen LogP contribution in [0.15, 0.2) is 85.1 Å². The van der Waals surface area contributed by atoms with Crippen molar-refractivity contribution in [2.75, 3.05) is 6.54 Å². The largest absolute Gasteiger partial charge is 0.358 e. The maximum atomic E-state index is 13.4. The van der Waals surface area contributed by atoms with Gasteiger partial charge in [0.2, 0.25) is 0 Å². The predicted molar refractivity (Wildman–Crippen MR) is 141 cm³/mol. The summed E-state index contributed by atoms with van der Waals surface area (Å²) in [4.78, 5) is 43.9. The smallest absolute Gasteiger partial charge is 0.258 e. The molecule has 2 aromatic heterocycles. The first-order valence-electron chi connectivity index (χ1n) is 12.1. The average Bonchev–Trinajstić information content (AvgIpc) is 3.55. The Morgan fingerprint density at radius 2 is 1.57 bits per heavy atom. The first kappa shape index (κ1) is 22.6. The average molecular weight is 492 g/mol. The van der Waals surface area contributed by atoms with Crippen molar-refractivity contribution in [3.63, 3.8) is 0 Å². The second kappa shape index (κ2) is 8.98. The summed E-state index contributed by atoms with van der Waals surface area (Å²) in [7, 11) is 0. The van der Waals surface area contributed by atoms with E-state index in [1.54, 1.807) is 11.0 Å². The quantitative estimate of drug-likeness (QED) is 0.326. The summed E-state index contributed by atoms with van der Waals surface area (Å²) in [5.41, 5.74) is 10.2. The first-order chi connectivity index (χ1) is 18.0. The number of aromatic nitrogens is 2. The lowest BCUT2D eigenvalue weighted by molar-refractivity contribution is -0.129. The monoisotopic (exact) mass is 491 g/mol. The minimum absolute atomic E-state index is 0.0546. The number of rotatable bonds is 5. The molecule has 184 valence electrons. The van der Waals surface area contributed by atoms with Crippen LogP contribution in [-0.2, 0) is 16.1 Å². The van der Waals surface area contributed by atoms with Gasteiger partial charge in [-0.3, -0.25) is 25.2 Å². The zero-order valence-electron chi connectivity index (χ0n) is 20.2. The van der Waals surface area contributed by atoms with E-state index in [0.717, 1.165) is 38.6 Å². The van der Waals surface area contributed by atoms with Crippen molar-refractivity contribution in [3.8, 4) is 0 Å². The third-order valence-corrected chi connectivity index (χ3v) is 6.92. The number of aromatic amines is 1. The lowest BCUT2D eigenvalue weighted by Gasteiger charge is -2.25. The highest BCUT2D eigenvalue weighted by atomic mass is 16.2. The summed E-state index contributed by atoms with van der Waals surface area (Å²) in [5.74, 6) is -1.06. The highest BCUT2D eigenvalue weighted by molar-refractivity contribution is 6.02. The van der Waals surface area contributed by atoms with Crippen LogP contribution in [0, 0.1) is 6.92 Å². The number of carbonyl (C=O) groups is 3. The summed E-state index contributed by atoms with van der Waals surface area (Å²) in [6, 6.07) is 24.6. The van der Waals surface area contributed by atoms with Crippen LogP contribution in [0.25, 0.3) is 21.8 Å². The minimum atomic E-state index is -0.477. The maximum absolute atomic E-state index is 13.4. The molecule has 3 aromatic carbocycles. The van der Waals surface area contributed by atoms with Gasteiger partial charge in [0, 0.05) is 39.4 Å². The fourth-order valence-corrected chi connectivity index (χ4v) is 5.30. The van der Waals surface area contributed by atoms with Gasteiger partial charge < -0.3 is 14.5 Å². The highest BCUT2D eigenvalue weighted by Crippen LogP contribution is 2.42. The number of hydrogen-bond donors (Lipinski definition) is 3. The maximum Gasteiger partial charge on any atom is 0.258 e. The molecule has 8 heteroatoms. The van der Waals surface area contributed by atoms with E-state index in [1.807, 2.05) is 90.5 Å². The van der Waals surface area contributed by atoms with Gasteiger partial charge >= 0.3 is 0 Å². The second-order valence-electron chi connectivity index (χ2n) is 9.23. The Bertz CT molecular complexity index is 1680. The molecule has 1 atom stereocenters. The zero-order chi connectivity index (χ0) is 25.5. The van der Waals surface area contributed by atoms with Crippen molar-refractivity contribution in [1.29, 1.82) is 0 Å². The van der Waals surface area contributed by atoms with Crippen molar-refractivity contribution in [1.82, 2.24) is 25.3 Å². The molecule has 5 aromatic rings. The summed E-state index contributed by atoms with van der Waals surface area (Å²) in [5, 5.41) is 2.04.